The summed E-state index contributed by atoms with van der Waals surface area (Å²) in [7, 11) is 0. The van der Waals surface area contributed by atoms with Gasteiger partial charge in [-0.3, -0.25) is 0 Å². The highest BCUT2D eigenvalue weighted by molar-refractivity contribution is 14.1. The summed E-state index contributed by atoms with van der Waals surface area (Å²) in [6.45, 7) is 0. The van der Waals surface area contributed by atoms with Crippen molar-refractivity contribution in [3.63, 3.8) is 0 Å². The highest BCUT2D eigenvalue weighted by Gasteiger charge is 2.06. The van der Waals surface area contributed by atoms with Gasteiger partial charge in [-0.05, 0) is 40.8 Å². The van der Waals surface area contributed by atoms with Crippen molar-refractivity contribution >= 4 is 68.3 Å². The van der Waals surface area contributed by atoms with Crippen molar-refractivity contribution in [3.05, 3.63) is 37.0 Å². The number of nitrogens with zero attached hydrogens (tertiary/aromatic N) is 1. The molecule has 0 amide bonds. The van der Waals surface area contributed by atoms with E-state index in [9.17, 15) is 0 Å². The van der Waals surface area contributed by atoms with Crippen LogP contribution in [0.25, 0.3) is 10.9 Å². The first-order valence-corrected chi connectivity index (χ1v) is 5.90. The zero-order valence-corrected chi connectivity index (χ0v) is 11.1. The van der Waals surface area contributed by atoms with Crippen LogP contribution in [0.15, 0.2) is 18.2 Å². The van der Waals surface area contributed by atoms with Crippen molar-refractivity contribution in [3.8, 4) is 0 Å². The summed E-state index contributed by atoms with van der Waals surface area (Å²) in [4.78, 5) is 4.14. The SMILES string of the molecule is Clc1cc2c(Cl)cc(I)cc2nc1Cl. The fourth-order valence-corrected chi connectivity index (χ4v) is 2.51. The van der Waals surface area contributed by atoms with Crippen molar-refractivity contribution in [1.29, 1.82) is 0 Å². The zero-order valence-electron chi connectivity index (χ0n) is 6.69. The second-order valence-electron chi connectivity index (χ2n) is 2.72. The van der Waals surface area contributed by atoms with Gasteiger partial charge in [0.2, 0.25) is 0 Å². The van der Waals surface area contributed by atoms with Gasteiger partial charge in [-0.25, -0.2) is 4.98 Å². The molecule has 14 heavy (non-hydrogen) atoms. The Bertz CT molecular complexity index is 513. The summed E-state index contributed by atoms with van der Waals surface area (Å²) in [5, 5.41) is 2.18. The van der Waals surface area contributed by atoms with E-state index < -0.39 is 0 Å². The number of hydrogen-bond acceptors (Lipinski definition) is 1. The average molecular weight is 358 g/mol. The second-order valence-corrected chi connectivity index (χ2v) is 5.13. The molecule has 72 valence electrons. The molecular weight excluding hydrogens is 355 g/mol. The van der Waals surface area contributed by atoms with Gasteiger partial charge in [-0.1, -0.05) is 34.8 Å². The lowest BCUT2D eigenvalue weighted by Gasteiger charge is -2.03. The Balaban J connectivity index is 2.89. The molecule has 1 aromatic heterocycles. The number of rotatable bonds is 0. The van der Waals surface area contributed by atoms with Crippen molar-refractivity contribution in [2.24, 2.45) is 0 Å². The van der Waals surface area contributed by atoms with Gasteiger partial charge in [0.1, 0.15) is 5.15 Å². The van der Waals surface area contributed by atoms with Crippen molar-refractivity contribution in [2.45, 2.75) is 0 Å². The van der Waals surface area contributed by atoms with Crippen molar-refractivity contribution < 1.29 is 0 Å². The van der Waals surface area contributed by atoms with Gasteiger partial charge in [0.15, 0.2) is 0 Å². The van der Waals surface area contributed by atoms with Gasteiger partial charge < -0.3 is 0 Å². The Morgan fingerprint density at radius 2 is 1.71 bits per heavy atom. The van der Waals surface area contributed by atoms with E-state index in [1.807, 2.05) is 12.1 Å². The van der Waals surface area contributed by atoms with Crippen LogP contribution in [0.2, 0.25) is 15.2 Å². The Kier molecular flexibility index (Phi) is 3.07. The Labute approximate surface area is 110 Å². The molecule has 0 spiro atoms. The third-order valence-corrected chi connectivity index (χ3v) is 3.37. The first kappa shape index (κ1) is 10.7. The van der Waals surface area contributed by atoms with E-state index in [2.05, 4.69) is 27.6 Å². The molecule has 0 bridgehead atoms. The lowest BCUT2D eigenvalue weighted by Crippen LogP contribution is -1.84. The van der Waals surface area contributed by atoms with E-state index in [1.165, 1.54) is 0 Å². The number of benzene rings is 1. The van der Waals surface area contributed by atoms with Crippen LogP contribution in [0, 0.1) is 3.57 Å². The minimum atomic E-state index is 0.303. The summed E-state index contributed by atoms with van der Waals surface area (Å²) in [5.41, 5.74) is 0.760. The van der Waals surface area contributed by atoms with E-state index in [-0.39, 0.29) is 0 Å². The summed E-state index contributed by atoms with van der Waals surface area (Å²) in [5.74, 6) is 0. The van der Waals surface area contributed by atoms with Gasteiger partial charge in [0.25, 0.3) is 0 Å². The van der Waals surface area contributed by atoms with Crippen LogP contribution in [-0.4, -0.2) is 4.98 Å². The first-order chi connectivity index (χ1) is 6.58. The standard InChI is InChI=1S/C9H3Cl3IN/c10-6-1-4(13)2-8-5(6)3-7(11)9(12)14-8/h1-3H. The van der Waals surface area contributed by atoms with Gasteiger partial charge in [-0.2, -0.15) is 0 Å². The molecule has 2 aromatic rings. The second kappa shape index (κ2) is 4.00. The summed E-state index contributed by atoms with van der Waals surface area (Å²) in [6, 6.07) is 5.49. The van der Waals surface area contributed by atoms with Crippen LogP contribution in [-0.2, 0) is 0 Å². The maximum absolute atomic E-state index is 6.04. The molecule has 0 aliphatic carbocycles. The molecule has 1 heterocycles. The number of fused-ring (bicyclic) bond motifs is 1. The van der Waals surface area contributed by atoms with E-state index in [4.69, 9.17) is 34.8 Å². The third kappa shape index (κ3) is 1.94. The molecular formula is C9H3Cl3IN. The topological polar surface area (TPSA) is 12.9 Å². The summed E-state index contributed by atoms with van der Waals surface area (Å²) in [6.07, 6.45) is 0. The lowest BCUT2D eigenvalue weighted by atomic mass is 10.2. The average Bonchev–Trinajstić information content (AvgIpc) is 2.08. The van der Waals surface area contributed by atoms with Crippen LogP contribution < -0.4 is 0 Å². The largest absolute Gasteiger partial charge is 0.234 e. The van der Waals surface area contributed by atoms with Crippen LogP contribution in [0.1, 0.15) is 0 Å². The van der Waals surface area contributed by atoms with Gasteiger partial charge in [0, 0.05) is 8.96 Å². The van der Waals surface area contributed by atoms with E-state index in [0.717, 1.165) is 14.5 Å². The monoisotopic (exact) mass is 357 g/mol. The molecule has 5 heteroatoms. The summed E-state index contributed by atoms with van der Waals surface area (Å²) < 4.78 is 1.02. The molecule has 0 aliphatic heterocycles. The van der Waals surface area contributed by atoms with E-state index >= 15 is 0 Å². The molecule has 0 fully saturated rings. The molecule has 0 aliphatic rings. The molecule has 0 radical (unpaired) electrons. The zero-order chi connectivity index (χ0) is 10.3. The molecule has 0 saturated heterocycles. The molecule has 1 aromatic carbocycles. The minimum absolute atomic E-state index is 0.303. The Morgan fingerprint density at radius 1 is 1.00 bits per heavy atom. The van der Waals surface area contributed by atoms with Gasteiger partial charge >= 0.3 is 0 Å². The van der Waals surface area contributed by atoms with Crippen molar-refractivity contribution in [1.82, 2.24) is 4.98 Å². The summed E-state index contributed by atoms with van der Waals surface area (Å²) >= 11 is 19.9. The molecule has 0 N–H and O–H groups in total. The maximum atomic E-state index is 6.04. The highest BCUT2D eigenvalue weighted by atomic mass is 127. The minimum Gasteiger partial charge on any atom is -0.234 e. The highest BCUT2D eigenvalue weighted by Crippen LogP contribution is 2.30. The smallest absolute Gasteiger partial charge is 0.148 e. The predicted octanol–water partition coefficient (Wildman–Crippen LogP) is 4.80. The number of hydrogen-bond donors (Lipinski definition) is 0. The van der Waals surface area contributed by atoms with Gasteiger partial charge in [-0.15, -0.1) is 0 Å². The van der Waals surface area contributed by atoms with E-state index in [1.54, 1.807) is 6.07 Å². The lowest BCUT2D eigenvalue weighted by molar-refractivity contribution is 1.41. The molecule has 1 nitrogen and oxygen atoms in total. The first-order valence-electron chi connectivity index (χ1n) is 3.69. The van der Waals surface area contributed by atoms with E-state index in [0.29, 0.717) is 15.2 Å². The maximum Gasteiger partial charge on any atom is 0.148 e. The molecule has 0 unspecified atom stereocenters. The molecule has 2 rings (SSSR count). The fourth-order valence-electron chi connectivity index (χ4n) is 1.15. The van der Waals surface area contributed by atoms with Crippen LogP contribution in [0.5, 0.6) is 0 Å². The van der Waals surface area contributed by atoms with Crippen LogP contribution >= 0.6 is 57.4 Å². The van der Waals surface area contributed by atoms with Crippen LogP contribution in [0.4, 0.5) is 0 Å². The van der Waals surface area contributed by atoms with Crippen molar-refractivity contribution in [2.75, 3.05) is 0 Å². The normalized spacial score (nSPS) is 10.9. The Morgan fingerprint density at radius 3 is 2.43 bits per heavy atom. The Hall–Kier alpha value is 0.230. The quantitative estimate of drug-likeness (QED) is 0.487. The van der Waals surface area contributed by atoms with Gasteiger partial charge in [0.05, 0.1) is 15.6 Å². The number of aromatic nitrogens is 1. The predicted molar refractivity (Wildman–Crippen MR) is 69.5 cm³/mol. The fraction of sp³-hybridized carbons (Fsp3) is 0. The number of pyridine rings is 1. The number of halogens is 4. The van der Waals surface area contributed by atoms with Crippen LogP contribution in [0.3, 0.4) is 0 Å². The third-order valence-electron chi connectivity index (χ3n) is 1.76. The molecule has 0 saturated carbocycles. The molecule has 0 atom stereocenters.